The molecule has 2 aromatic carbocycles. The van der Waals surface area contributed by atoms with Crippen LogP contribution in [0.5, 0.6) is 0 Å². The largest absolute Gasteiger partial charge is 0.326 e. The van der Waals surface area contributed by atoms with E-state index in [1.54, 1.807) is 4.90 Å². The Bertz CT molecular complexity index is 768. The summed E-state index contributed by atoms with van der Waals surface area (Å²) < 4.78 is 0. The first kappa shape index (κ1) is 18.7. The van der Waals surface area contributed by atoms with Gasteiger partial charge in [0.1, 0.15) is 0 Å². The zero-order valence-corrected chi connectivity index (χ0v) is 15.4. The molecule has 0 radical (unpaired) electrons. The van der Waals surface area contributed by atoms with Crippen molar-refractivity contribution in [3.8, 4) is 0 Å². The van der Waals surface area contributed by atoms with E-state index in [2.05, 4.69) is 12.2 Å². The van der Waals surface area contributed by atoms with Crippen molar-refractivity contribution in [1.29, 1.82) is 0 Å². The number of rotatable bonds is 6. The van der Waals surface area contributed by atoms with E-state index in [-0.39, 0.29) is 18.2 Å². The molecule has 0 aliphatic rings. The van der Waals surface area contributed by atoms with Crippen molar-refractivity contribution in [2.45, 2.75) is 40.5 Å². The summed E-state index contributed by atoms with van der Waals surface area (Å²) >= 11 is 0. The van der Waals surface area contributed by atoms with Crippen LogP contribution in [0.25, 0.3) is 0 Å². The molecule has 2 rings (SSSR count). The molecule has 4 heteroatoms. The monoisotopic (exact) mass is 338 g/mol. The summed E-state index contributed by atoms with van der Waals surface area (Å²) in [6, 6.07) is 13.8. The van der Waals surface area contributed by atoms with Crippen LogP contribution in [-0.2, 0) is 16.0 Å². The first-order chi connectivity index (χ1) is 11.9. The van der Waals surface area contributed by atoms with Crippen LogP contribution < -0.4 is 10.2 Å². The predicted octanol–water partition coefficient (Wildman–Crippen LogP) is 4.25. The highest BCUT2D eigenvalue weighted by atomic mass is 16.2. The summed E-state index contributed by atoms with van der Waals surface area (Å²) in [5.74, 6) is -0.148. The molecule has 2 aromatic rings. The highest BCUT2D eigenvalue weighted by Gasteiger charge is 2.16. The molecule has 4 nitrogen and oxygen atoms in total. The van der Waals surface area contributed by atoms with Crippen LogP contribution in [0.1, 0.15) is 37.0 Å². The maximum atomic E-state index is 12.3. The number of hydrogen-bond acceptors (Lipinski definition) is 2. The van der Waals surface area contributed by atoms with E-state index in [9.17, 15) is 9.59 Å². The maximum absolute atomic E-state index is 12.3. The van der Waals surface area contributed by atoms with Gasteiger partial charge in [-0.05, 0) is 43.5 Å². The van der Waals surface area contributed by atoms with Gasteiger partial charge in [-0.25, -0.2) is 0 Å². The van der Waals surface area contributed by atoms with Gasteiger partial charge in [-0.2, -0.15) is 0 Å². The third-order valence-corrected chi connectivity index (χ3v) is 4.26. The fourth-order valence-electron chi connectivity index (χ4n) is 2.93. The van der Waals surface area contributed by atoms with E-state index in [1.165, 1.54) is 6.92 Å². The lowest BCUT2D eigenvalue weighted by Gasteiger charge is -2.23. The Balaban J connectivity index is 2.06. The fraction of sp³-hybridized carbons (Fsp3) is 0.333. The number of carbonyl (C=O) groups is 2. The van der Waals surface area contributed by atoms with Crippen LogP contribution in [-0.4, -0.2) is 18.4 Å². The second-order valence-corrected chi connectivity index (χ2v) is 6.27. The van der Waals surface area contributed by atoms with Crippen LogP contribution in [0.2, 0.25) is 0 Å². The molecular formula is C21H26N2O2. The Labute approximate surface area is 149 Å². The maximum Gasteiger partial charge on any atom is 0.226 e. The number of aryl methyl sites for hydroxylation is 3. The fourth-order valence-corrected chi connectivity index (χ4v) is 2.93. The molecular weight excluding hydrogens is 312 g/mol. The Kier molecular flexibility index (Phi) is 6.34. The van der Waals surface area contributed by atoms with Gasteiger partial charge in [-0.1, -0.05) is 42.8 Å². The van der Waals surface area contributed by atoms with Gasteiger partial charge in [-0.15, -0.1) is 0 Å². The molecule has 0 aromatic heterocycles. The third-order valence-electron chi connectivity index (χ3n) is 4.26. The van der Waals surface area contributed by atoms with Crippen LogP contribution >= 0.6 is 0 Å². The normalized spacial score (nSPS) is 10.4. The van der Waals surface area contributed by atoms with Crippen LogP contribution in [0, 0.1) is 13.8 Å². The van der Waals surface area contributed by atoms with Gasteiger partial charge in [0.25, 0.3) is 0 Å². The third kappa shape index (κ3) is 4.92. The number of amides is 2. The first-order valence-corrected chi connectivity index (χ1v) is 8.65. The summed E-state index contributed by atoms with van der Waals surface area (Å²) in [5.41, 5.74) is 5.00. The summed E-state index contributed by atoms with van der Waals surface area (Å²) in [5, 5.41) is 2.95. The summed E-state index contributed by atoms with van der Waals surface area (Å²) in [4.78, 5) is 26.0. The SMILES string of the molecule is CCc1ccccc1NC(=O)CCN(C(C)=O)c1ccc(C)cc1C. The molecule has 132 valence electrons. The van der Waals surface area contributed by atoms with Crippen molar-refractivity contribution >= 4 is 23.2 Å². The molecule has 0 saturated heterocycles. The van der Waals surface area contributed by atoms with E-state index in [4.69, 9.17) is 0 Å². The Morgan fingerprint density at radius 3 is 2.44 bits per heavy atom. The van der Waals surface area contributed by atoms with Crippen molar-refractivity contribution in [3.05, 3.63) is 59.2 Å². The van der Waals surface area contributed by atoms with Gasteiger partial charge in [0.15, 0.2) is 0 Å². The summed E-state index contributed by atoms with van der Waals surface area (Å²) in [6.07, 6.45) is 1.11. The average Bonchev–Trinajstić information content (AvgIpc) is 2.57. The van der Waals surface area contributed by atoms with E-state index in [1.807, 2.05) is 56.3 Å². The second kappa shape index (κ2) is 8.47. The molecule has 0 fully saturated rings. The molecule has 1 N–H and O–H groups in total. The average molecular weight is 338 g/mol. The molecule has 2 amide bonds. The smallest absolute Gasteiger partial charge is 0.226 e. The number of para-hydroxylation sites is 1. The highest BCUT2D eigenvalue weighted by molar-refractivity contribution is 5.95. The van der Waals surface area contributed by atoms with E-state index in [0.29, 0.717) is 6.54 Å². The van der Waals surface area contributed by atoms with Crippen molar-refractivity contribution in [2.75, 3.05) is 16.8 Å². The van der Waals surface area contributed by atoms with Crippen molar-refractivity contribution in [2.24, 2.45) is 0 Å². The Morgan fingerprint density at radius 2 is 1.80 bits per heavy atom. The summed E-state index contributed by atoms with van der Waals surface area (Å²) in [7, 11) is 0. The van der Waals surface area contributed by atoms with Crippen LogP contribution in [0.15, 0.2) is 42.5 Å². The van der Waals surface area contributed by atoms with Crippen LogP contribution in [0.4, 0.5) is 11.4 Å². The molecule has 0 atom stereocenters. The zero-order chi connectivity index (χ0) is 18.4. The molecule has 0 bridgehead atoms. The van der Waals surface area contributed by atoms with E-state index < -0.39 is 0 Å². The van der Waals surface area contributed by atoms with Crippen LogP contribution in [0.3, 0.4) is 0 Å². The van der Waals surface area contributed by atoms with Gasteiger partial charge in [0, 0.05) is 31.3 Å². The number of hydrogen-bond donors (Lipinski definition) is 1. The number of carbonyl (C=O) groups excluding carboxylic acids is 2. The standard InChI is InChI=1S/C21H26N2O2/c1-5-18-8-6-7-9-19(18)22-21(25)12-13-23(17(4)24)20-11-10-15(2)14-16(20)3/h6-11,14H,5,12-13H2,1-4H3,(H,22,25). The minimum atomic E-state index is -0.0862. The second-order valence-electron chi connectivity index (χ2n) is 6.27. The number of benzene rings is 2. The Hall–Kier alpha value is -2.62. The lowest BCUT2D eigenvalue weighted by molar-refractivity contribution is -0.117. The van der Waals surface area contributed by atoms with Gasteiger partial charge < -0.3 is 10.2 Å². The van der Waals surface area contributed by atoms with Gasteiger partial charge in [0.2, 0.25) is 11.8 Å². The number of nitrogens with one attached hydrogen (secondary N) is 1. The van der Waals surface area contributed by atoms with Gasteiger partial charge in [0.05, 0.1) is 0 Å². The molecule has 0 aliphatic carbocycles. The van der Waals surface area contributed by atoms with Crippen molar-refractivity contribution in [1.82, 2.24) is 0 Å². The lowest BCUT2D eigenvalue weighted by atomic mass is 10.1. The highest BCUT2D eigenvalue weighted by Crippen LogP contribution is 2.22. The lowest BCUT2D eigenvalue weighted by Crippen LogP contribution is -2.32. The molecule has 0 saturated carbocycles. The van der Waals surface area contributed by atoms with E-state index >= 15 is 0 Å². The summed E-state index contributed by atoms with van der Waals surface area (Å²) in [6.45, 7) is 7.95. The molecule has 0 unspecified atom stereocenters. The molecule has 0 aliphatic heterocycles. The van der Waals surface area contributed by atoms with Crippen molar-refractivity contribution < 1.29 is 9.59 Å². The van der Waals surface area contributed by atoms with Crippen molar-refractivity contribution in [3.63, 3.8) is 0 Å². The van der Waals surface area contributed by atoms with Gasteiger partial charge >= 0.3 is 0 Å². The molecule has 0 heterocycles. The van der Waals surface area contributed by atoms with Gasteiger partial charge in [-0.3, -0.25) is 9.59 Å². The number of anilines is 2. The van der Waals surface area contributed by atoms with E-state index in [0.717, 1.165) is 34.5 Å². The quantitative estimate of drug-likeness (QED) is 0.856. The minimum absolute atomic E-state index is 0.0614. The Morgan fingerprint density at radius 1 is 1.08 bits per heavy atom. The predicted molar refractivity (Wildman–Crippen MR) is 103 cm³/mol. The number of nitrogens with zero attached hydrogens (tertiary/aromatic N) is 1. The zero-order valence-electron chi connectivity index (χ0n) is 15.4. The molecule has 0 spiro atoms. The first-order valence-electron chi connectivity index (χ1n) is 8.65. The topological polar surface area (TPSA) is 49.4 Å². The molecule has 25 heavy (non-hydrogen) atoms. The minimum Gasteiger partial charge on any atom is -0.326 e.